The highest BCUT2D eigenvalue weighted by Gasteiger charge is 2.23. The zero-order valence-corrected chi connectivity index (χ0v) is 17.6. The molecule has 0 atom stereocenters. The number of hydrogen-bond donors (Lipinski definition) is 2. The zero-order valence-electron chi connectivity index (χ0n) is 16.8. The van der Waals surface area contributed by atoms with Gasteiger partial charge in [-0.05, 0) is 62.1 Å². The van der Waals surface area contributed by atoms with E-state index in [2.05, 4.69) is 10.0 Å². The molecule has 2 N–H and O–H groups in total. The Hall–Kier alpha value is -2.25. The van der Waals surface area contributed by atoms with Gasteiger partial charge in [-0.1, -0.05) is 37.8 Å². The van der Waals surface area contributed by atoms with Crippen molar-refractivity contribution in [3.8, 4) is 0 Å². The minimum absolute atomic E-state index is 0.103. The third-order valence-electron chi connectivity index (χ3n) is 5.52. The number of halogens is 1. The van der Waals surface area contributed by atoms with Gasteiger partial charge >= 0.3 is 0 Å². The summed E-state index contributed by atoms with van der Waals surface area (Å²) in [4.78, 5) is 12.5. The standard InChI is InChI=1S/C22H27FN2O3S/c1-15-8-7-11-21(16(15)2)24-22(26)19-14-18(12-13-20(19)23)29(27,28)25-17-9-5-3-4-6-10-17/h7-8,11-14,17,25H,3-6,9-10H2,1-2H3,(H,24,26). The first-order chi connectivity index (χ1) is 13.8. The summed E-state index contributed by atoms with van der Waals surface area (Å²) in [6.45, 7) is 3.77. The van der Waals surface area contributed by atoms with Gasteiger partial charge in [0.1, 0.15) is 5.82 Å². The minimum Gasteiger partial charge on any atom is -0.322 e. The topological polar surface area (TPSA) is 75.3 Å². The van der Waals surface area contributed by atoms with Crippen LogP contribution in [0.15, 0.2) is 41.3 Å². The van der Waals surface area contributed by atoms with Crippen LogP contribution in [-0.4, -0.2) is 20.4 Å². The first-order valence-electron chi connectivity index (χ1n) is 9.97. The van der Waals surface area contributed by atoms with Crippen molar-refractivity contribution in [1.82, 2.24) is 4.72 Å². The monoisotopic (exact) mass is 418 g/mol. The Bertz CT molecular complexity index is 997. The average molecular weight is 419 g/mol. The van der Waals surface area contributed by atoms with Crippen LogP contribution in [0.4, 0.5) is 10.1 Å². The Morgan fingerprint density at radius 2 is 1.72 bits per heavy atom. The van der Waals surface area contributed by atoms with Gasteiger partial charge in [0.05, 0.1) is 10.5 Å². The van der Waals surface area contributed by atoms with Crippen LogP contribution in [-0.2, 0) is 10.0 Å². The fourth-order valence-corrected chi connectivity index (χ4v) is 4.94. The molecular formula is C22H27FN2O3S. The lowest BCUT2D eigenvalue weighted by atomic mass is 10.1. The SMILES string of the molecule is Cc1cccc(NC(=O)c2cc(S(=O)(=O)NC3CCCCCC3)ccc2F)c1C. The van der Waals surface area contributed by atoms with Crippen LogP contribution >= 0.6 is 0 Å². The van der Waals surface area contributed by atoms with Crippen LogP contribution in [0.1, 0.15) is 60.0 Å². The Morgan fingerprint density at radius 1 is 1.03 bits per heavy atom. The highest BCUT2D eigenvalue weighted by Crippen LogP contribution is 2.23. The highest BCUT2D eigenvalue weighted by molar-refractivity contribution is 7.89. The number of anilines is 1. The van der Waals surface area contributed by atoms with E-state index in [0.29, 0.717) is 5.69 Å². The van der Waals surface area contributed by atoms with Crippen molar-refractivity contribution in [2.45, 2.75) is 63.3 Å². The van der Waals surface area contributed by atoms with Crippen molar-refractivity contribution in [3.05, 3.63) is 58.9 Å². The quantitative estimate of drug-likeness (QED) is 0.692. The zero-order chi connectivity index (χ0) is 21.0. The van der Waals surface area contributed by atoms with Crippen LogP contribution < -0.4 is 10.0 Å². The molecule has 0 radical (unpaired) electrons. The summed E-state index contributed by atoms with van der Waals surface area (Å²) in [5, 5.41) is 2.68. The molecule has 1 saturated carbocycles. The molecule has 7 heteroatoms. The van der Waals surface area contributed by atoms with Gasteiger partial charge in [-0.3, -0.25) is 4.79 Å². The molecule has 0 heterocycles. The molecule has 0 spiro atoms. The molecule has 0 saturated heterocycles. The summed E-state index contributed by atoms with van der Waals surface area (Å²) in [5.41, 5.74) is 2.14. The van der Waals surface area contributed by atoms with Crippen LogP contribution in [0.5, 0.6) is 0 Å². The molecule has 0 unspecified atom stereocenters. The molecular weight excluding hydrogens is 391 g/mol. The maximum atomic E-state index is 14.3. The second-order valence-corrected chi connectivity index (χ2v) is 9.37. The Labute approximate surface area is 171 Å². The lowest BCUT2D eigenvalue weighted by molar-refractivity contribution is 0.102. The van der Waals surface area contributed by atoms with E-state index in [4.69, 9.17) is 0 Å². The Balaban J connectivity index is 1.83. The number of carbonyl (C=O) groups excluding carboxylic acids is 1. The molecule has 1 amide bonds. The molecule has 2 aromatic rings. The number of rotatable bonds is 5. The van der Waals surface area contributed by atoms with Gasteiger partial charge in [0.15, 0.2) is 0 Å². The van der Waals surface area contributed by atoms with E-state index < -0.39 is 21.7 Å². The number of benzene rings is 2. The smallest absolute Gasteiger partial charge is 0.258 e. The third kappa shape index (κ3) is 5.22. The number of nitrogens with one attached hydrogen (secondary N) is 2. The summed E-state index contributed by atoms with van der Waals surface area (Å²) in [5.74, 6) is -1.44. The molecule has 1 fully saturated rings. The van der Waals surface area contributed by atoms with Crippen LogP contribution in [0.2, 0.25) is 0 Å². The van der Waals surface area contributed by atoms with Gasteiger partial charge in [0.2, 0.25) is 10.0 Å². The molecule has 29 heavy (non-hydrogen) atoms. The summed E-state index contributed by atoms with van der Waals surface area (Å²) in [6, 6.07) is 8.65. The van der Waals surface area contributed by atoms with Crippen LogP contribution in [0, 0.1) is 19.7 Å². The lowest BCUT2D eigenvalue weighted by Gasteiger charge is -2.17. The van der Waals surface area contributed by atoms with E-state index in [-0.39, 0.29) is 16.5 Å². The van der Waals surface area contributed by atoms with E-state index in [0.717, 1.165) is 61.8 Å². The van der Waals surface area contributed by atoms with Gasteiger partial charge in [0, 0.05) is 11.7 Å². The van der Waals surface area contributed by atoms with Gasteiger partial charge in [-0.25, -0.2) is 17.5 Å². The summed E-state index contributed by atoms with van der Waals surface area (Å²) in [7, 11) is -3.83. The predicted octanol–water partition coefficient (Wildman–Crippen LogP) is 4.70. The second-order valence-electron chi connectivity index (χ2n) is 7.65. The molecule has 156 valence electrons. The normalized spacial score (nSPS) is 15.7. The predicted molar refractivity (Wildman–Crippen MR) is 112 cm³/mol. The fourth-order valence-electron chi connectivity index (χ4n) is 3.61. The van der Waals surface area contributed by atoms with Crippen LogP contribution in [0.3, 0.4) is 0 Å². The van der Waals surface area contributed by atoms with E-state index >= 15 is 0 Å². The maximum Gasteiger partial charge on any atom is 0.258 e. The molecule has 0 aliphatic heterocycles. The molecule has 0 bridgehead atoms. The van der Waals surface area contributed by atoms with Crippen molar-refractivity contribution in [3.63, 3.8) is 0 Å². The number of sulfonamides is 1. The maximum absolute atomic E-state index is 14.3. The van der Waals surface area contributed by atoms with E-state index in [9.17, 15) is 17.6 Å². The van der Waals surface area contributed by atoms with Crippen molar-refractivity contribution in [2.24, 2.45) is 0 Å². The molecule has 1 aliphatic carbocycles. The lowest BCUT2D eigenvalue weighted by Crippen LogP contribution is -2.34. The Kier molecular flexibility index (Phi) is 6.70. The second kappa shape index (κ2) is 9.05. The fraction of sp³-hybridized carbons (Fsp3) is 0.409. The van der Waals surface area contributed by atoms with Crippen molar-refractivity contribution in [2.75, 3.05) is 5.32 Å². The van der Waals surface area contributed by atoms with Crippen molar-refractivity contribution in [1.29, 1.82) is 0 Å². The van der Waals surface area contributed by atoms with Gasteiger partial charge in [-0.2, -0.15) is 0 Å². The first-order valence-corrected chi connectivity index (χ1v) is 11.5. The largest absolute Gasteiger partial charge is 0.322 e. The number of hydrogen-bond acceptors (Lipinski definition) is 3. The van der Waals surface area contributed by atoms with Crippen molar-refractivity contribution >= 4 is 21.6 Å². The van der Waals surface area contributed by atoms with E-state index in [1.54, 1.807) is 12.1 Å². The molecule has 3 rings (SSSR count). The number of carbonyl (C=O) groups is 1. The van der Waals surface area contributed by atoms with E-state index in [1.807, 2.05) is 19.9 Å². The summed E-state index contributed by atoms with van der Waals surface area (Å²) >= 11 is 0. The average Bonchev–Trinajstić information content (AvgIpc) is 2.93. The molecule has 2 aromatic carbocycles. The van der Waals surface area contributed by atoms with Gasteiger partial charge < -0.3 is 5.32 Å². The molecule has 1 aliphatic rings. The Morgan fingerprint density at radius 3 is 2.41 bits per heavy atom. The number of aryl methyl sites for hydroxylation is 1. The van der Waals surface area contributed by atoms with Crippen molar-refractivity contribution < 1.29 is 17.6 Å². The third-order valence-corrected chi connectivity index (χ3v) is 7.04. The van der Waals surface area contributed by atoms with E-state index in [1.165, 1.54) is 6.07 Å². The minimum atomic E-state index is -3.83. The molecule has 0 aromatic heterocycles. The summed E-state index contributed by atoms with van der Waals surface area (Å²) in [6.07, 6.45) is 5.77. The summed E-state index contributed by atoms with van der Waals surface area (Å²) < 4.78 is 42.6. The van der Waals surface area contributed by atoms with Gasteiger partial charge in [0.25, 0.3) is 5.91 Å². The number of amides is 1. The van der Waals surface area contributed by atoms with Crippen LogP contribution in [0.25, 0.3) is 0 Å². The van der Waals surface area contributed by atoms with Gasteiger partial charge in [-0.15, -0.1) is 0 Å². The first kappa shape index (κ1) is 21.5. The highest BCUT2D eigenvalue weighted by atomic mass is 32.2. The molecule has 5 nitrogen and oxygen atoms in total.